The van der Waals surface area contributed by atoms with Crippen LogP contribution < -0.4 is 31.3 Å². The number of rotatable bonds is 22. The molecule has 28 heteroatoms. The van der Waals surface area contributed by atoms with Gasteiger partial charge in [0.1, 0.15) is 60.1 Å². The van der Waals surface area contributed by atoms with Gasteiger partial charge in [-0.3, -0.25) is 62.3 Å². The van der Waals surface area contributed by atoms with Gasteiger partial charge in [-0.25, -0.2) is 0 Å². The number of nitrogens with one attached hydrogen (secondary N) is 5. The van der Waals surface area contributed by atoms with Crippen LogP contribution in [0.4, 0.5) is 0 Å². The van der Waals surface area contributed by atoms with Crippen molar-refractivity contribution in [3.05, 3.63) is 65.2 Å². The second-order valence-corrected chi connectivity index (χ2v) is 31.0. The van der Waals surface area contributed by atoms with Gasteiger partial charge in [0.05, 0.1) is 38.3 Å². The minimum atomic E-state index is -1.67. The third-order valence-electron chi connectivity index (χ3n) is 20.5. The molecule has 0 aliphatic carbocycles. The highest BCUT2D eigenvalue weighted by Crippen LogP contribution is 2.26. The fourth-order valence-electron chi connectivity index (χ4n) is 13.5. The Morgan fingerprint density at radius 2 is 1.04 bits per heavy atom. The number of aliphatic hydroxyl groups excluding tert-OH is 1. The highest BCUT2D eigenvalue weighted by Gasteiger charge is 2.44. The van der Waals surface area contributed by atoms with Gasteiger partial charge in [-0.15, -0.1) is 0 Å². The fourth-order valence-corrected chi connectivity index (χ4v) is 13.5. The van der Waals surface area contributed by atoms with Crippen LogP contribution in [0, 0.1) is 29.6 Å². The maximum atomic E-state index is 15.7. The van der Waals surface area contributed by atoms with Gasteiger partial charge in [0.15, 0.2) is 0 Å². The molecule has 0 aromatic heterocycles. The number of piperidine rings is 1. The van der Waals surface area contributed by atoms with Crippen molar-refractivity contribution in [3.8, 4) is 5.75 Å². The second-order valence-electron chi connectivity index (χ2n) is 31.0. The summed E-state index contributed by atoms with van der Waals surface area (Å²) in [6.45, 7) is 21.0. The molecule has 2 aliphatic heterocycles. The van der Waals surface area contributed by atoms with Gasteiger partial charge in [0.25, 0.3) is 5.91 Å². The summed E-state index contributed by atoms with van der Waals surface area (Å²) in [6.07, 6.45) is 1.47. The van der Waals surface area contributed by atoms with Crippen LogP contribution in [0.15, 0.2) is 48.5 Å². The van der Waals surface area contributed by atoms with Crippen LogP contribution in [0.1, 0.15) is 182 Å². The molecule has 0 bridgehead atoms. The largest absolute Gasteiger partial charge is 0.496 e. The molecular weight excluding hydrogens is 1370 g/mol. The number of benzene rings is 2. The van der Waals surface area contributed by atoms with E-state index >= 15 is 33.6 Å². The van der Waals surface area contributed by atoms with E-state index in [4.69, 9.17) is 4.74 Å². The number of carbonyl (C=O) groups excluding carboxylic acids is 13. The number of unbranched alkanes of at least 4 members (excludes halogenated alkanes) is 1. The standard InChI is InChI=1S/C79H127N13O15/c1-21-23-36-92-47-67(96)87(16)63(43-54-30-26-24-27-31-54)77(104)89(18)61(41-50(7)8)71(98)81-57(35-33-55-32-34-56(70(97)80-13)64(44-55)107-20)75(102)88(17)60(40-49(5)6)72(99)82-58(76(103)91-37-28-25-29-38-91)45-65(94)85(14)46-66(95)86(15)59(39-48(3)4)73(100)83-68(52(11)22-2)78(105)90(19)62(42-51(9)10)74(101)84-69(53(12)93)79(92)106/h24,26-27,30-32,34,44,48-53,57-63,68-69,93H,21-23,25,28-29,33,35-43,45-47H2,1-20H3,(H,80,97)(H,81,98)(H,82,99)(H,83,100)(H,84,101)/t52-,53+,57-,58-,59-,60-,61-,62-,63-,68-,69-/m0/s1. The molecule has 2 saturated heterocycles. The number of likely N-dealkylation sites (tertiary alicyclic amines) is 1. The summed E-state index contributed by atoms with van der Waals surface area (Å²) in [5, 5.41) is 25.6. The summed E-state index contributed by atoms with van der Waals surface area (Å²) in [6, 6.07) is 1.46. The zero-order valence-electron chi connectivity index (χ0n) is 67.5. The molecule has 2 fully saturated rings. The number of nitrogens with zero attached hydrogens (tertiary/aromatic N) is 8. The predicted octanol–water partition coefficient (Wildman–Crippen LogP) is 4.42. The fraction of sp³-hybridized carbons (Fsp3) is 0.684. The lowest BCUT2D eigenvalue weighted by Gasteiger charge is -2.38. The molecule has 0 spiro atoms. The van der Waals surface area contributed by atoms with Crippen molar-refractivity contribution in [1.29, 1.82) is 0 Å². The van der Waals surface area contributed by atoms with Crippen LogP contribution >= 0.6 is 0 Å². The van der Waals surface area contributed by atoms with Crippen molar-refractivity contribution in [2.45, 2.75) is 233 Å². The molecule has 0 radical (unpaired) electrons. The third-order valence-corrected chi connectivity index (χ3v) is 20.5. The lowest BCUT2D eigenvalue weighted by atomic mass is 9.94. The zero-order chi connectivity index (χ0) is 80.4. The Hall–Kier alpha value is -8.69. The summed E-state index contributed by atoms with van der Waals surface area (Å²) >= 11 is 0. The first kappa shape index (κ1) is 90.7. The van der Waals surface area contributed by atoms with Crippen molar-refractivity contribution >= 4 is 76.8 Å². The molecule has 11 atom stereocenters. The molecule has 2 heterocycles. The van der Waals surface area contributed by atoms with E-state index in [1.807, 2.05) is 69.2 Å². The van der Waals surface area contributed by atoms with E-state index in [2.05, 4.69) is 26.6 Å². The smallest absolute Gasteiger partial charge is 0.254 e. The molecule has 13 amide bonds. The number of hydrogen-bond donors (Lipinski definition) is 6. The lowest BCUT2D eigenvalue weighted by molar-refractivity contribution is -0.151. The summed E-state index contributed by atoms with van der Waals surface area (Å²) in [7, 11) is 11.3. The first-order valence-corrected chi connectivity index (χ1v) is 38.3. The van der Waals surface area contributed by atoms with Gasteiger partial charge in [0, 0.05) is 75.4 Å². The van der Waals surface area contributed by atoms with Crippen LogP contribution in [0.3, 0.4) is 0 Å². The summed E-state index contributed by atoms with van der Waals surface area (Å²) in [5.74, 6) is -10.3. The summed E-state index contributed by atoms with van der Waals surface area (Å²) in [4.78, 5) is 204. The van der Waals surface area contributed by atoms with Crippen LogP contribution in [0.5, 0.6) is 5.75 Å². The van der Waals surface area contributed by atoms with Crippen molar-refractivity contribution in [2.75, 3.05) is 89.2 Å². The first-order chi connectivity index (χ1) is 50.3. The summed E-state index contributed by atoms with van der Waals surface area (Å²) < 4.78 is 5.62. The van der Waals surface area contributed by atoms with E-state index in [9.17, 15) is 33.9 Å². The van der Waals surface area contributed by atoms with Crippen LogP contribution in [-0.2, 0) is 70.4 Å². The molecule has 6 N–H and O–H groups in total. The number of methoxy groups -OCH3 is 1. The molecule has 4 rings (SSSR count). The molecule has 0 saturated carbocycles. The third kappa shape index (κ3) is 26.3. The summed E-state index contributed by atoms with van der Waals surface area (Å²) in [5.41, 5.74) is 1.48. The Morgan fingerprint density at radius 3 is 1.54 bits per heavy atom. The van der Waals surface area contributed by atoms with E-state index < -0.39 is 163 Å². The van der Waals surface area contributed by atoms with E-state index in [0.717, 1.165) is 11.3 Å². The van der Waals surface area contributed by atoms with E-state index in [-0.39, 0.29) is 86.5 Å². The average Bonchev–Trinajstić information content (AvgIpc) is 0.820. The van der Waals surface area contributed by atoms with Gasteiger partial charge < -0.3 is 75.6 Å². The maximum Gasteiger partial charge on any atom is 0.254 e. The monoisotopic (exact) mass is 1500 g/mol. The molecule has 107 heavy (non-hydrogen) atoms. The molecule has 2 aromatic carbocycles. The minimum Gasteiger partial charge on any atom is -0.496 e. The number of carbonyl (C=O) groups is 13. The lowest BCUT2D eigenvalue weighted by Crippen LogP contribution is -2.62. The topological polar surface area (TPSA) is 337 Å². The van der Waals surface area contributed by atoms with Gasteiger partial charge in [-0.05, 0) is 124 Å². The van der Waals surface area contributed by atoms with Crippen LogP contribution in [0.25, 0.3) is 0 Å². The Labute approximate surface area is 635 Å². The molecule has 2 aromatic rings. The quantitative estimate of drug-likeness (QED) is 0.0951. The van der Waals surface area contributed by atoms with Gasteiger partial charge in [-0.2, -0.15) is 0 Å². The predicted molar refractivity (Wildman–Crippen MR) is 408 cm³/mol. The average molecular weight is 1500 g/mol. The molecular formula is C79H127N13O15. The molecule has 28 nitrogen and oxygen atoms in total. The molecule has 2 aliphatic rings. The SMILES string of the molecule is CCCCN1CC(=O)N(C)[C@@H](Cc2ccccc2)C(=O)N(C)[C@@H](CC(C)C)C(=O)N[C@@H](CCc2ccc(C(=O)NC)c(OC)c2)C(=O)N(C)[C@@H](CC(C)C)C(=O)N[C@H](C(=O)N2CCCCC2)CC(=O)N(C)CC(=O)N(C)[C@@H](CC(C)C)C(=O)N[C@@H]([C@@H](C)CC)C(=O)N(C)[C@@H](CC(C)C)C(=O)N[C@@H]([C@@H](C)O)C1=O. The van der Waals surface area contributed by atoms with Crippen molar-refractivity contribution in [2.24, 2.45) is 29.6 Å². The number of ether oxygens (including phenoxy) is 1. The zero-order valence-corrected chi connectivity index (χ0v) is 67.5. The normalized spacial score (nSPS) is 23.7. The maximum absolute atomic E-state index is 15.7. The number of amides is 13. The highest BCUT2D eigenvalue weighted by molar-refractivity contribution is 6.00. The number of likely N-dealkylation sites (N-methyl/N-ethyl adjacent to an activating group) is 6. The number of aliphatic hydroxyl groups is 1. The van der Waals surface area contributed by atoms with Crippen LogP contribution in [-0.4, -0.2) is 271 Å². The van der Waals surface area contributed by atoms with E-state index in [1.54, 1.807) is 60.4 Å². The van der Waals surface area contributed by atoms with Crippen LogP contribution in [0.2, 0.25) is 0 Å². The van der Waals surface area contributed by atoms with Crippen molar-refractivity contribution in [1.82, 2.24) is 65.8 Å². The Morgan fingerprint density at radius 1 is 0.551 bits per heavy atom. The Balaban J connectivity index is 2.03. The van der Waals surface area contributed by atoms with E-state index in [0.29, 0.717) is 56.3 Å². The Kier molecular flexibility index (Phi) is 36.7. The van der Waals surface area contributed by atoms with Gasteiger partial charge >= 0.3 is 0 Å². The first-order valence-electron chi connectivity index (χ1n) is 38.3. The highest BCUT2D eigenvalue weighted by atomic mass is 16.5. The number of hydrogen-bond acceptors (Lipinski definition) is 15. The molecule has 598 valence electrons. The van der Waals surface area contributed by atoms with Gasteiger partial charge in [0.2, 0.25) is 70.9 Å². The van der Waals surface area contributed by atoms with E-state index in [1.165, 1.54) is 92.8 Å². The number of aryl methyl sites for hydroxylation is 1. The minimum absolute atomic E-state index is 0.0227. The van der Waals surface area contributed by atoms with Crippen molar-refractivity contribution in [3.63, 3.8) is 0 Å². The van der Waals surface area contributed by atoms with Gasteiger partial charge in [-0.1, -0.05) is 125 Å². The molecule has 0 unspecified atom stereocenters. The van der Waals surface area contributed by atoms with Crippen molar-refractivity contribution < 1.29 is 72.2 Å². The Bertz CT molecular complexity index is 3340. The second kappa shape index (κ2) is 43.3.